The van der Waals surface area contributed by atoms with Crippen molar-refractivity contribution >= 4 is 27.6 Å². The van der Waals surface area contributed by atoms with Gasteiger partial charge in [-0.3, -0.25) is 4.79 Å². The van der Waals surface area contributed by atoms with Gasteiger partial charge in [0.1, 0.15) is 0 Å². The van der Waals surface area contributed by atoms with Crippen LogP contribution in [0.2, 0.25) is 0 Å². The van der Waals surface area contributed by atoms with Crippen LogP contribution in [0.5, 0.6) is 0 Å². The Balaban J connectivity index is 1.92. The predicted octanol–water partition coefficient (Wildman–Crippen LogP) is 0.709. The van der Waals surface area contributed by atoms with Crippen molar-refractivity contribution in [3.8, 4) is 0 Å². The van der Waals surface area contributed by atoms with E-state index in [-0.39, 0.29) is 23.8 Å². The molecule has 3 heterocycles. The van der Waals surface area contributed by atoms with Crippen LogP contribution in [0.15, 0.2) is 16.9 Å². The van der Waals surface area contributed by atoms with Gasteiger partial charge in [-0.1, -0.05) is 0 Å². The van der Waals surface area contributed by atoms with E-state index in [1.165, 1.54) is 4.52 Å². The second kappa shape index (κ2) is 5.10. The summed E-state index contributed by atoms with van der Waals surface area (Å²) in [5, 5.41) is 7.55. The number of hydrogen-bond donors (Lipinski definition) is 1. The van der Waals surface area contributed by atoms with Crippen molar-refractivity contribution in [2.45, 2.75) is 25.9 Å². The lowest BCUT2D eigenvalue weighted by atomic mass is 10.1. The molecular formula is C12H15BrN6O. The Hall–Kier alpha value is -1.54. The summed E-state index contributed by atoms with van der Waals surface area (Å²) >= 11 is 3.32. The SMILES string of the molecule is CC1NCCN(C(=O)c2nc3ncc(Br)cn3n2)C1C. The first-order valence-electron chi connectivity index (χ1n) is 6.48. The Kier molecular flexibility index (Phi) is 3.43. The van der Waals surface area contributed by atoms with Crippen molar-refractivity contribution in [3.05, 3.63) is 22.7 Å². The van der Waals surface area contributed by atoms with Gasteiger partial charge in [0, 0.05) is 37.6 Å². The summed E-state index contributed by atoms with van der Waals surface area (Å²) in [5.41, 5.74) is 0. The molecule has 0 spiro atoms. The molecule has 3 rings (SSSR count). The lowest BCUT2D eigenvalue weighted by Crippen LogP contribution is -2.57. The van der Waals surface area contributed by atoms with Crippen LogP contribution >= 0.6 is 15.9 Å². The molecule has 8 heteroatoms. The second-order valence-corrected chi connectivity index (χ2v) is 5.85. The molecule has 1 saturated heterocycles. The number of hydrogen-bond acceptors (Lipinski definition) is 5. The Morgan fingerprint density at radius 2 is 2.30 bits per heavy atom. The molecule has 0 aromatic carbocycles. The molecule has 20 heavy (non-hydrogen) atoms. The molecule has 1 N–H and O–H groups in total. The minimum atomic E-state index is -0.146. The lowest BCUT2D eigenvalue weighted by Gasteiger charge is -2.37. The minimum absolute atomic E-state index is 0.113. The lowest BCUT2D eigenvalue weighted by molar-refractivity contribution is 0.0590. The number of halogens is 1. The minimum Gasteiger partial charge on any atom is -0.330 e. The molecule has 2 aromatic rings. The highest BCUT2D eigenvalue weighted by atomic mass is 79.9. The molecule has 2 atom stereocenters. The quantitative estimate of drug-likeness (QED) is 0.828. The highest BCUT2D eigenvalue weighted by Crippen LogP contribution is 2.13. The first kappa shape index (κ1) is 13.4. The number of piperazine rings is 1. The summed E-state index contributed by atoms with van der Waals surface area (Å²) in [6.07, 6.45) is 3.36. The summed E-state index contributed by atoms with van der Waals surface area (Å²) in [7, 11) is 0. The smallest absolute Gasteiger partial charge is 0.293 e. The molecule has 106 valence electrons. The zero-order chi connectivity index (χ0) is 14.3. The number of nitrogens with zero attached hydrogens (tertiary/aromatic N) is 5. The standard InChI is InChI=1S/C12H15BrN6O/c1-7-8(2)18(4-3-14-7)11(20)10-16-12-15-5-9(13)6-19(12)17-10/h5-8,14H,3-4H2,1-2H3. The van der Waals surface area contributed by atoms with E-state index in [1.807, 2.05) is 11.8 Å². The van der Waals surface area contributed by atoms with Crippen LogP contribution in [-0.2, 0) is 0 Å². The van der Waals surface area contributed by atoms with Crippen LogP contribution in [0.1, 0.15) is 24.5 Å². The van der Waals surface area contributed by atoms with Crippen LogP contribution < -0.4 is 5.32 Å². The van der Waals surface area contributed by atoms with Crippen LogP contribution in [0.25, 0.3) is 5.78 Å². The van der Waals surface area contributed by atoms with Gasteiger partial charge in [-0.15, -0.1) is 5.10 Å². The number of carbonyl (C=O) groups is 1. The molecule has 1 fully saturated rings. The van der Waals surface area contributed by atoms with Gasteiger partial charge >= 0.3 is 0 Å². The third kappa shape index (κ3) is 2.29. The third-order valence-electron chi connectivity index (χ3n) is 3.65. The third-order valence-corrected chi connectivity index (χ3v) is 4.06. The summed E-state index contributed by atoms with van der Waals surface area (Å²) in [4.78, 5) is 22.7. The van der Waals surface area contributed by atoms with Crippen LogP contribution in [0.4, 0.5) is 0 Å². The molecule has 0 radical (unpaired) electrons. The summed E-state index contributed by atoms with van der Waals surface area (Å²) in [6, 6.07) is 0.375. The average Bonchev–Trinajstić information content (AvgIpc) is 2.84. The van der Waals surface area contributed by atoms with Crippen LogP contribution in [0.3, 0.4) is 0 Å². The molecule has 0 aliphatic carbocycles. The van der Waals surface area contributed by atoms with Crippen LogP contribution in [0, 0.1) is 0 Å². The van der Waals surface area contributed by atoms with E-state index in [1.54, 1.807) is 12.4 Å². The largest absolute Gasteiger partial charge is 0.330 e. The number of amides is 1. The molecule has 0 bridgehead atoms. The summed E-state index contributed by atoms with van der Waals surface area (Å²) in [5.74, 6) is 0.469. The van der Waals surface area contributed by atoms with E-state index in [4.69, 9.17) is 0 Å². The molecule has 1 aliphatic heterocycles. The van der Waals surface area contributed by atoms with Crippen molar-refractivity contribution in [2.75, 3.05) is 13.1 Å². The van der Waals surface area contributed by atoms with Crippen molar-refractivity contribution in [2.24, 2.45) is 0 Å². The average molecular weight is 339 g/mol. The van der Waals surface area contributed by atoms with Gasteiger partial charge in [-0.05, 0) is 29.8 Å². The number of rotatable bonds is 1. The predicted molar refractivity (Wildman–Crippen MR) is 76.4 cm³/mol. The zero-order valence-electron chi connectivity index (χ0n) is 11.2. The monoisotopic (exact) mass is 338 g/mol. The molecule has 1 aliphatic rings. The molecule has 2 aromatic heterocycles. The van der Waals surface area contributed by atoms with E-state index < -0.39 is 0 Å². The maximum atomic E-state index is 12.5. The summed E-state index contributed by atoms with van der Waals surface area (Å²) in [6.45, 7) is 5.55. The zero-order valence-corrected chi connectivity index (χ0v) is 12.8. The van der Waals surface area contributed by atoms with Crippen LogP contribution in [-0.4, -0.2) is 55.6 Å². The molecule has 7 nitrogen and oxygen atoms in total. The van der Waals surface area contributed by atoms with Gasteiger partial charge in [0.05, 0.1) is 4.47 Å². The fourth-order valence-electron chi connectivity index (χ4n) is 2.32. The Morgan fingerprint density at radius 3 is 3.10 bits per heavy atom. The molecule has 1 amide bonds. The van der Waals surface area contributed by atoms with Crippen molar-refractivity contribution in [1.29, 1.82) is 0 Å². The Morgan fingerprint density at radius 1 is 1.50 bits per heavy atom. The van der Waals surface area contributed by atoms with Gasteiger partial charge in [-0.2, -0.15) is 4.98 Å². The van der Waals surface area contributed by atoms with E-state index in [0.29, 0.717) is 12.3 Å². The maximum Gasteiger partial charge on any atom is 0.293 e. The normalized spacial score (nSPS) is 23.2. The highest BCUT2D eigenvalue weighted by molar-refractivity contribution is 9.10. The summed E-state index contributed by atoms with van der Waals surface area (Å²) < 4.78 is 2.30. The second-order valence-electron chi connectivity index (χ2n) is 4.93. The number of carbonyl (C=O) groups excluding carboxylic acids is 1. The number of aromatic nitrogens is 4. The fourth-order valence-corrected chi connectivity index (χ4v) is 2.62. The van der Waals surface area contributed by atoms with Gasteiger partial charge in [0.2, 0.25) is 5.82 Å². The van der Waals surface area contributed by atoms with E-state index >= 15 is 0 Å². The van der Waals surface area contributed by atoms with Gasteiger partial charge in [0.25, 0.3) is 11.7 Å². The van der Waals surface area contributed by atoms with Gasteiger partial charge < -0.3 is 10.2 Å². The topological polar surface area (TPSA) is 75.4 Å². The molecular weight excluding hydrogens is 324 g/mol. The fraction of sp³-hybridized carbons (Fsp3) is 0.500. The Labute approximate surface area is 124 Å². The van der Waals surface area contributed by atoms with E-state index in [2.05, 4.69) is 43.2 Å². The van der Waals surface area contributed by atoms with Crippen molar-refractivity contribution in [1.82, 2.24) is 29.8 Å². The van der Waals surface area contributed by atoms with E-state index in [0.717, 1.165) is 11.0 Å². The Bertz CT molecular complexity index is 656. The first-order chi connectivity index (χ1) is 9.56. The molecule has 2 unspecified atom stereocenters. The van der Waals surface area contributed by atoms with Crippen molar-refractivity contribution in [3.63, 3.8) is 0 Å². The van der Waals surface area contributed by atoms with E-state index in [9.17, 15) is 4.79 Å². The highest BCUT2D eigenvalue weighted by Gasteiger charge is 2.30. The maximum absolute atomic E-state index is 12.5. The number of nitrogens with one attached hydrogen (secondary N) is 1. The van der Waals surface area contributed by atoms with Gasteiger partial charge in [-0.25, -0.2) is 9.50 Å². The van der Waals surface area contributed by atoms with Gasteiger partial charge in [0.15, 0.2) is 0 Å². The first-order valence-corrected chi connectivity index (χ1v) is 7.28. The molecule has 0 saturated carbocycles. The van der Waals surface area contributed by atoms with Crippen molar-refractivity contribution < 1.29 is 4.79 Å². The number of fused-ring (bicyclic) bond motifs is 1.